The van der Waals surface area contributed by atoms with Crippen molar-refractivity contribution in [3.8, 4) is 0 Å². The number of methoxy groups -OCH3 is 1. The van der Waals surface area contributed by atoms with Crippen molar-refractivity contribution in [1.29, 1.82) is 0 Å². The molecule has 19 heavy (non-hydrogen) atoms. The zero-order valence-corrected chi connectivity index (χ0v) is 12.0. The first-order chi connectivity index (χ1) is 9.18. The normalized spacial score (nSPS) is 25.8. The molecule has 110 valence electrons. The van der Waals surface area contributed by atoms with E-state index in [4.69, 9.17) is 9.47 Å². The number of carbonyl (C=O) groups is 1. The number of ether oxygens (including phenoxy) is 2. The molecular formula is C14H26N2O3. The Morgan fingerprint density at radius 2 is 2.00 bits per heavy atom. The fraction of sp³-hybridized carbons (Fsp3) is 0.929. The highest BCUT2D eigenvalue weighted by molar-refractivity contribution is 5.85. The second-order valence-electron chi connectivity index (χ2n) is 5.66. The van der Waals surface area contributed by atoms with Gasteiger partial charge in [-0.1, -0.05) is 0 Å². The standard InChI is InChI=1S/C14H26N2O3/c1-11(12-3-9-19-10-4-12)16-13(17)14(18-2)5-7-15-8-6-14/h11-12,15H,3-10H2,1-2H3,(H,16,17). The van der Waals surface area contributed by atoms with Gasteiger partial charge in [-0.3, -0.25) is 4.79 Å². The van der Waals surface area contributed by atoms with E-state index in [9.17, 15) is 4.79 Å². The Kier molecular flexibility index (Phi) is 5.19. The van der Waals surface area contributed by atoms with Gasteiger partial charge >= 0.3 is 0 Å². The van der Waals surface area contributed by atoms with Crippen molar-refractivity contribution in [1.82, 2.24) is 10.6 Å². The van der Waals surface area contributed by atoms with Crippen molar-refractivity contribution in [2.24, 2.45) is 5.92 Å². The molecule has 2 fully saturated rings. The topological polar surface area (TPSA) is 59.6 Å². The minimum Gasteiger partial charge on any atom is -0.381 e. The van der Waals surface area contributed by atoms with E-state index >= 15 is 0 Å². The van der Waals surface area contributed by atoms with E-state index in [1.807, 2.05) is 0 Å². The minimum atomic E-state index is -0.634. The molecule has 0 spiro atoms. The Bertz CT molecular complexity index is 297. The molecule has 2 heterocycles. The van der Waals surface area contributed by atoms with Crippen LogP contribution in [0.2, 0.25) is 0 Å². The fourth-order valence-electron chi connectivity index (χ4n) is 3.03. The lowest BCUT2D eigenvalue weighted by atomic mass is 9.88. The molecule has 0 aromatic carbocycles. The van der Waals surface area contributed by atoms with Crippen molar-refractivity contribution >= 4 is 5.91 Å². The lowest BCUT2D eigenvalue weighted by Gasteiger charge is -2.37. The van der Waals surface area contributed by atoms with Crippen LogP contribution in [0.3, 0.4) is 0 Å². The average Bonchev–Trinajstić information content (AvgIpc) is 2.48. The Balaban J connectivity index is 1.90. The summed E-state index contributed by atoms with van der Waals surface area (Å²) in [4.78, 5) is 12.5. The zero-order valence-electron chi connectivity index (χ0n) is 12.0. The molecule has 0 aromatic rings. The molecule has 1 amide bonds. The van der Waals surface area contributed by atoms with Crippen LogP contribution < -0.4 is 10.6 Å². The van der Waals surface area contributed by atoms with Gasteiger partial charge < -0.3 is 20.1 Å². The van der Waals surface area contributed by atoms with E-state index in [0.29, 0.717) is 5.92 Å². The Morgan fingerprint density at radius 1 is 1.37 bits per heavy atom. The zero-order chi connectivity index (χ0) is 13.7. The minimum absolute atomic E-state index is 0.0514. The SMILES string of the molecule is COC1(C(=O)NC(C)C2CCOCC2)CCNCC1. The van der Waals surface area contributed by atoms with Gasteiger partial charge in [0.2, 0.25) is 0 Å². The van der Waals surface area contributed by atoms with Crippen molar-refractivity contribution < 1.29 is 14.3 Å². The van der Waals surface area contributed by atoms with E-state index < -0.39 is 5.60 Å². The van der Waals surface area contributed by atoms with E-state index in [0.717, 1.165) is 52.0 Å². The highest BCUT2D eigenvalue weighted by Crippen LogP contribution is 2.24. The van der Waals surface area contributed by atoms with Gasteiger partial charge in [-0.15, -0.1) is 0 Å². The molecule has 2 saturated heterocycles. The lowest BCUT2D eigenvalue weighted by molar-refractivity contribution is -0.148. The quantitative estimate of drug-likeness (QED) is 0.789. The number of amides is 1. The first-order valence-corrected chi connectivity index (χ1v) is 7.32. The number of hydrogen-bond donors (Lipinski definition) is 2. The van der Waals surface area contributed by atoms with E-state index in [-0.39, 0.29) is 11.9 Å². The van der Waals surface area contributed by atoms with Crippen LogP contribution in [0.1, 0.15) is 32.6 Å². The molecule has 0 saturated carbocycles. The predicted octanol–water partition coefficient (Wildman–Crippen LogP) is 0.686. The van der Waals surface area contributed by atoms with E-state index in [2.05, 4.69) is 17.6 Å². The molecule has 2 rings (SSSR count). The second kappa shape index (κ2) is 6.68. The summed E-state index contributed by atoms with van der Waals surface area (Å²) < 4.78 is 10.9. The highest BCUT2D eigenvalue weighted by atomic mass is 16.5. The van der Waals surface area contributed by atoms with Crippen LogP contribution in [0.25, 0.3) is 0 Å². The molecule has 0 aliphatic carbocycles. The molecule has 0 aromatic heterocycles. The van der Waals surface area contributed by atoms with Gasteiger partial charge in [-0.2, -0.15) is 0 Å². The fourth-order valence-corrected chi connectivity index (χ4v) is 3.03. The molecule has 2 N–H and O–H groups in total. The maximum atomic E-state index is 12.5. The van der Waals surface area contributed by atoms with Crippen LogP contribution in [0, 0.1) is 5.92 Å². The Hall–Kier alpha value is -0.650. The predicted molar refractivity (Wildman–Crippen MR) is 73.0 cm³/mol. The first kappa shape index (κ1) is 14.8. The van der Waals surface area contributed by atoms with Gasteiger partial charge in [-0.05, 0) is 51.6 Å². The maximum Gasteiger partial charge on any atom is 0.252 e. The summed E-state index contributed by atoms with van der Waals surface area (Å²) >= 11 is 0. The van der Waals surface area contributed by atoms with Gasteiger partial charge in [0.05, 0.1) is 0 Å². The summed E-state index contributed by atoms with van der Waals surface area (Å²) in [5, 5.41) is 6.43. The Morgan fingerprint density at radius 3 is 2.58 bits per heavy atom. The summed E-state index contributed by atoms with van der Waals surface area (Å²) in [5.74, 6) is 0.573. The molecule has 2 aliphatic rings. The van der Waals surface area contributed by atoms with Crippen LogP contribution >= 0.6 is 0 Å². The molecule has 5 nitrogen and oxygen atoms in total. The molecule has 5 heteroatoms. The summed E-state index contributed by atoms with van der Waals surface area (Å²) in [6.07, 6.45) is 3.55. The summed E-state index contributed by atoms with van der Waals surface area (Å²) in [6.45, 7) is 5.40. The summed E-state index contributed by atoms with van der Waals surface area (Å²) in [6, 6.07) is 0.193. The molecule has 0 bridgehead atoms. The van der Waals surface area contributed by atoms with Gasteiger partial charge in [0.25, 0.3) is 5.91 Å². The molecule has 1 atom stereocenters. The van der Waals surface area contributed by atoms with E-state index in [1.54, 1.807) is 7.11 Å². The third-order valence-electron chi connectivity index (χ3n) is 4.55. The third kappa shape index (κ3) is 3.46. The number of nitrogens with one attached hydrogen (secondary N) is 2. The van der Waals surface area contributed by atoms with Crippen molar-refractivity contribution in [2.45, 2.75) is 44.2 Å². The van der Waals surface area contributed by atoms with Crippen molar-refractivity contribution in [3.63, 3.8) is 0 Å². The first-order valence-electron chi connectivity index (χ1n) is 7.32. The van der Waals surface area contributed by atoms with E-state index in [1.165, 1.54) is 0 Å². The van der Waals surface area contributed by atoms with Gasteiger partial charge in [0, 0.05) is 26.4 Å². The van der Waals surface area contributed by atoms with Gasteiger partial charge in [0.1, 0.15) is 5.60 Å². The maximum absolute atomic E-state index is 12.5. The average molecular weight is 270 g/mol. The summed E-state index contributed by atoms with van der Waals surface area (Å²) in [7, 11) is 1.64. The largest absolute Gasteiger partial charge is 0.381 e. The number of rotatable bonds is 4. The van der Waals surface area contributed by atoms with Crippen LogP contribution in [0.15, 0.2) is 0 Å². The number of piperidine rings is 1. The molecule has 2 aliphatic heterocycles. The van der Waals surface area contributed by atoms with Crippen molar-refractivity contribution in [3.05, 3.63) is 0 Å². The van der Waals surface area contributed by atoms with Gasteiger partial charge in [0.15, 0.2) is 0 Å². The number of carbonyl (C=O) groups excluding carboxylic acids is 1. The molecular weight excluding hydrogens is 244 g/mol. The smallest absolute Gasteiger partial charge is 0.252 e. The lowest BCUT2D eigenvalue weighted by Crippen LogP contribution is -2.56. The molecule has 1 unspecified atom stereocenters. The Labute approximate surface area is 115 Å². The third-order valence-corrected chi connectivity index (χ3v) is 4.55. The van der Waals surface area contributed by atoms with Crippen LogP contribution in [0.5, 0.6) is 0 Å². The second-order valence-corrected chi connectivity index (χ2v) is 5.66. The molecule has 0 radical (unpaired) electrons. The van der Waals surface area contributed by atoms with Crippen molar-refractivity contribution in [2.75, 3.05) is 33.4 Å². The van der Waals surface area contributed by atoms with Crippen LogP contribution in [-0.4, -0.2) is 51.0 Å². The summed E-state index contributed by atoms with van der Waals surface area (Å²) in [5.41, 5.74) is -0.634. The highest BCUT2D eigenvalue weighted by Gasteiger charge is 2.40. The number of hydrogen-bond acceptors (Lipinski definition) is 4. The monoisotopic (exact) mass is 270 g/mol. The van der Waals surface area contributed by atoms with Crippen LogP contribution in [0.4, 0.5) is 0 Å². The van der Waals surface area contributed by atoms with Gasteiger partial charge in [-0.25, -0.2) is 0 Å². The van der Waals surface area contributed by atoms with Crippen LogP contribution in [-0.2, 0) is 14.3 Å².